The summed E-state index contributed by atoms with van der Waals surface area (Å²) in [7, 11) is 0. The molecule has 0 bridgehead atoms. The number of aliphatic imine (C=N–C) groups is 1. The number of aryl methyl sites for hydroxylation is 1. The molecule has 0 aliphatic rings. The lowest BCUT2D eigenvalue weighted by Gasteiger charge is -2.28. The molecule has 2 aromatic carbocycles. The van der Waals surface area contributed by atoms with Gasteiger partial charge >= 0.3 is 0 Å². The Bertz CT molecular complexity index is 1220. The number of amides is 3. The zero-order valence-electron chi connectivity index (χ0n) is 25.3. The molecule has 0 spiro atoms. The Labute approximate surface area is 257 Å². The maximum Gasteiger partial charge on any atom is 0.249 e. The molecule has 0 saturated heterocycles. The molecule has 0 heterocycles. The second-order valence-electron chi connectivity index (χ2n) is 10.9. The Morgan fingerprint density at radius 1 is 0.841 bits per heavy atom. The van der Waals surface area contributed by atoms with Gasteiger partial charge in [-0.1, -0.05) is 44.5 Å². The van der Waals surface area contributed by atoms with E-state index < -0.39 is 42.0 Å². The predicted molar refractivity (Wildman–Crippen MR) is 166 cm³/mol. The van der Waals surface area contributed by atoms with Crippen molar-refractivity contribution in [2.75, 3.05) is 13.2 Å². The van der Waals surface area contributed by atoms with Crippen molar-refractivity contribution in [2.45, 2.75) is 76.6 Å². The van der Waals surface area contributed by atoms with E-state index in [1.165, 1.54) is 24.3 Å². The Morgan fingerprint density at radius 2 is 1.43 bits per heavy atom. The summed E-state index contributed by atoms with van der Waals surface area (Å²) >= 11 is 0. The Balaban J connectivity index is 2.17. The van der Waals surface area contributed by atoms with Crippen LogP contribution >= 0.6 is 0 Å². The van der Waals surface area contributed by atoms with Gasteiger partial charge in [0.2, 0.25) is 17.7 Å². The molecule has 242 valence electrons. The number of phenolic OH excluding ortho intramolecular Hbond substituents is 2. The third-order valence-corrected chi connectivity index (χ3v) is 7.32. The summed E-state index contributed by atoms with van der Waals surface area (Å²) in [6.45, 7) is 3.70. The first-order valence-corrected chi connectivity index (χ1v) is 14.7. The first kappa shape index (κ1) is 35.8. The van der Waals surface area contributed by atoms with Gasteiger partial charge in [0, 0.05) is 13.0 Å². The van der Waals surface area contributed by atoms with E-state index in [-0.39, 0.29) is 42.8 Å². The minimum absolute atomic E-state index is 0.0396. The molecule has 11 N–H and O–H groups in total. The van der Waals surface area contributed by atoms with Crippen molar-refractivity contribution in [2.24, 2.45) is 22.4 Å². The van der Waals surface area contributed by atoms with Gasteiger partial charge in [-0.25, -0.2) is 0 Å². The van der Waals surface area contributed by atoms with Crippen LogP contribution in [-0.4, -0.2) is 81.5 Å². The van der Waals surface area contributed by atoms with Crippen molar-refractivity contribution in [3.8, 4) is 11.5 Å². The topological polar surface area (TPSA) is 233 Å². The van der Waals surface area contributed by atoms with Gasteiger partial charge in [-0.2, -0.15) is 0 Å². The summed E-state index contributed by atoms with van der Waals surface area (Å²) in [6.07, 6.45) is 0.473. The molecule has 0 unspecified atom stereocenters. The molecule has 0 aliphatic heterocycles. The number of rotatable bonds is 18. The number of phenols is 2. The second kappa shape index (κ2) is 18.3. The van der Waals surface area contributed by atoms with Crippen LogP contribution in [-0.2, 0) is 27.2 Å². The lowest BCUT2D eigenvalue weighted by Crippen LogP contribution is -2.58. The summed E-state index contributed by atoms with van der Waals surface area (Å²) in [5, 5.41) is 47.7. The summed E-state index contributed by atoms with van der Waals surface area (Å²) in [4.78, 5) is 43.8. The van der Waals surface area contributed by atoms with Gasteiger partial charge < -0.3 is 47.8 Å². The fourth-order valence-corrected chi connectivity index (χ4v) is 4.46. The van der Waals surface area contributed by atoms with Crippen molar-refractivity contribution >= 4 is 23.7 Å². The summed E-state index contributed by atoms with van der Waals surface area (Å²) in [5.41, 5.74) is 12.1. The monoisotopic (exact) mass is 614 g/mol. The standard InChI is InChI=1S/C31H46N6O7/c1-3-19(2)27(30(44)35-22(18-38)5-4-16-34-31(32)33)37-28(42)25(15-10-20-6-11-23(39)12-7-20)36-29(43)26(41)17-21-8-13-24(40)14-9-21/h6-9,11-14,19,22,25-27,38-41H,3-5,10,15-18H2,1-2H3,(H,35,44)(H,36,43)(H,37,42)(H4,32,33,34)/t19-,22-,25+,26+,27-/m0/s1. The molecule has 5 atom stereocenters. The molecule has 0 radical (unpaired) electrons. The number of nitrogens with one attached hydrogen (secondary N) is 3. The van der Waals surface area contributed by atoms with E-state index >= 15 is 0 Å². The van der Waals surface area contributed by atoms with Crippen LogP contribution in [0.3, 0.4) is 0 Å². The molecule has 0 saturated carbocycles. The maximum absolute atomic E-state index is 13.6. The minimum atomic E-state index is -1.47. The Hall–Kier alpha value is -4.36. The number of hydrogen-bond donors (Lipinski definition) is 9. The first-order chi connectivity index (χ1) is 20.9. The predicted octanol–water partition coefficient (Wildman–Crippen LogP) is 0.180. The maximum atomic E-state index is 13.6. The van der Waals surface area contributed by atoms with Crippen LogP contribution in [0.4, 0.5) is 0 Å². The number of carbonyl (C=O) groups is 3. The van der Waals surface area contributed by atoms with Gasteiger partial charge in [0.25, 0.3) is 0 Å². The third kappa shape index (κ3) is 12.5. The van der Waals surface area contributed by atoms with Gasteiger partial charge in [-0.3, -0.25) is 19.4 Å². The van der Waals surface area contributed by atoms with Crippen molar-refractivity contribution in [1.82, 2.24) is 16.0 Å². The van der Waals surface area contributed by atoms with Gasteiger partial charge in [0.05, 0.1) is 12.6 Å². The molecular weight excluding hydrogens is 568 g/mol. The van der Waals surface area contributed by atoms with Crippen LogP contribution in [0, 0.1) is 5.92 Å². The fraction of sp³-hybridized carbons (Fsp3) is 0.484. The van der Waals surface area contributed by atoms with Crippen molar-refractivity contribution in [1.29, 1.82) is 0 Å². The summed E-state index contributed by atoms with van der Waals surface area (Å²) < 4.78 is 0. The van der Waals surface area contributed by atoms with E-state index in [1.807, 2.05) is 13.8 Å². The number of aromatic hydroxyl groups is 2. The van der Waals surface area contributed by atoms with Crippen molar-refractivity contribution in [3.05, 3.63) is 59.7 Å². The summed E-state index contributed by atoms with van der Waals surface area (Å²) in [5.74, 6) is -2.05. The van der Waals surface area contributed by atoms with Crippen LogP contribution < -0.4 is 27.4 Å². The first-order valence-electron chi connectivity index (χ1n) is 14.7. The molecule has 0 aromatic heterocycles. The number of hydrogen-bond acceptors (Lipinski definition) is 8. The Morgan fingerprint density at radius 3 is 1.98 bits per heavy atom. The van der Waals surface area contributed by atoms with E-state index in [2.05, 4.69) is 20.9 Å². The van der Waals surface area contributed by atoms with Gasteiger partial charge in [-0.15, -0.1) is 0 Å². The van der Waals surface area contributed by atoms with Gasteiger partial charge in [0.15, 0.2) is 5.96 Å². The van der Waals surface area contributed by atoms with Crippen LogP contribution in [0.15, 0.2) is 53.5 Å². The summed E-state index contributed by atoms with van der Waals surface area (Å²) in [6, 6.07) is 9.83. The van der Waals surface area contributed by atoms with Crippen LogP contribution in [0.25, 0.3) is 0 Å². The van der Waals surface area contributed by atoms with Crippen LogP contribution in [0.1, 0.15) is 50.7 Å². The zero-order chi connectivity index (χ0) is 32.6. The number of nitrogens with zero attached hydrogens (tertiary/aromatic N) is 1. The highest BCUT2D eigenvalue weighted by atomic mass is 16.3. The smallest absolute Gasteiger partial charge is 0.249 e. The highest BCUT2D eigenvalue weighted by Crippen LogP contribution is 2.15. The quantitative estimate of drug-likeness (QED) is 0.0632. The molecule has 3 amide bonds. The lowest BCUT2D eigenvalue weighted by molar-refractivity contribution is -0.136. The molecule has 0 fully saturated rings. The molecular formula is C31H46N6O7. The highest BCUT2D eigenvalue weighted by molar-refractivity contribution is 5.93. The second-order valence-corrected chi connectivity index (χ2v) is 10.9. The Kier molecular flexibility index (Phi) is 14.9. The SMILES string of the molecule is CC[C@H](C)[C@H](NC(=O)[C@@H](CCc1ccc(O)cc1)NC(=O)[C@H](O)Cc1ccc(O)cc1)C(=O)N[C@H](CO)CCCN=C(N)N. The number of aliphatic hydroxyl groups excluding tert-OH is 2. The van der Waals surface area contributed by atoms with Crippen LogP contribution in [0.2, 0.25) is 0 Å². The van der Waals surface area contributed by atoms with E-state index in [9.17, 15) is 34.8 Å². The molecule has 0 aliphatic carbocycles. The minimum Gasteiger partial charge on any atom is -0.508 e. The molecule has 2 rings (SSSR count). The van der Waals surface area contributed by atoms with Gasteiger partial charge in [-0.05, 0) is 67.0 Å². The number of nitrogens with two attached hydrogens (primary N) is 2. The molecule has 2 aromatic rings. The van der Waals surface area contributed by atoms with E-state index in [4.69, 9.17) is 11.5 Å². The number of benzene rings is 2. The third-order valence-electron chi connectivity index (χ3n) is 7.32. The molecule has 44 heavy (non-hydrogen) atoms. The lowest BCUT2D eigenvalue weighted by atomic mass is 9.96. The van der Waals surface area contributed by atoms with Gasteiger partial charge in [0.1, 0.15) is 29.7 Å². The number of carbonyl (C=O) groups excluding carboxylic acids is 3. The average Bonchev–Trinajstić information content (AvgIpc) is 3.00. The van der Waals surface area contributed by atoms with Crippen molar-refractivity contribution in [3.63, 3.8) is 0 Å². The molecule has 13 nitrogen and oxygen atoms in total. The highest BCUT2D eigenvalue weighted by Gasteiger charge is 2.31. The van der Waals surface area contributed by atoms with Crippen molar-refractivity contribution < 1.29 is 34.8 Å². The molecule has 13 heteroatoms. The number of guanidine groups is 1. The van der Waals surface area contributed by atoms with E-state index in [0.717, 1.165) is 5.56 Å². The van der Waals surface area contributed by atoms with E-state index in [0.29, 0.717) is 37.8 Å². The van der Waals surface area contributed by atoms with Crippen LogP contribution in [0.5, 0.6) is 11.5 Å². The fourth-order valence-electron chi connectivity index (χ4n) is 4.46. The normalized spacial score (nSPS) is 14.4. The largest absolute Gasteiger partial charge is 0.508 e. The number of aliphatic hydroxyl groups is 2. The zero-order valence-corrected chi connectivity index (χ0v) is 25.3. The average molecular weight is 615 g/mol. The van der Waals surface area contributed by atoms with E-state index in [1.54, 1.807) is 24.3 Å².